The second kappa shape index (κ2) is 10.8. The van der Waals surface area contributed by atoms with E-state index in [1.54, 1.807) is 49.4 Å². The smallest absolute Gasteiger partial charge is 0.224 e. The number of hydrogen-bond acceptors (Lipinski definition) is 5. The van der Waals surface area contributed by atoms with Crippen molar-refractivity contribution in [2.75, 3.05) is 24.4 Å². The van der Waals surface area contributed by atoms with E-state index in [-0.39, 0.29) is 17.6 Å². The maximum Gasteiger partial charge on any atom is 0.224 e. The summed E-state index contributed by atoms with van der Waals surface area (Å²) in [6.07, 6.45) is 1.23. The Kier molecular flexibility index (Phi) is 8.21. The normalized spacial score (nSPS) is 10.2. The Morgan fingerprint density at radius 2 is 1.52 bits per heavy atom. The van der Waals surface area contributed by atoms with Crippen molar-refractivity contribution in [3.63, 3.8) is 0 Å². The van der Waals surface area contributed by atoms with Crippen LogP contribution in [0.2, 0.25) is 0 Å². The standard InChI is InChI=1S/C22H26N2O5/c1-4-21(26)23-17-8-10-18(11-9-17)24-22(27)6-5-13-29-19-12-7-16(15(2)25)14-20(19)28-3/h7-12,14H,4-6,13H2,1-3H3,(H,23,26)(H,24,27). The average Bonchev–Trinajstić information content (AvgIpc) is 2.72. The van der Waals surface area contributed by atoms with E-state index in [1.807, 2.05) is 0 Å². The zero-order chi connectivity index (χ0) is 21.2. The SMILES string of the molecule is CCC(=O)Nc1ccc(NC(=O)CCCOc2ccc(C(C)=O)cc2OC)cc1. The molecule has 0 atom stereocenters. The van der Waals surface area contributed by atoms with Gasteiger partial charge in [-0.1, -0.05) is 6.92 Å². The van der Waals surface area contributed by atoms with Crippen molar-refractivity contribution in [1.29, 1.82) is 0 Å². The molecule has 2 aromatic carbocycles. The minimum Gasteiger partial charge on any atom is -0.493 e. The molecule has 0 heterocycles. The number of ether oxygens (including phenoxy) is 2. The van der Waals surface area contributed by atoms with Gasteiger partial charge in [-0.2, -0.15) is 0 Å². The van der Waals surface area contributed by atoms with Crippen LogP contribution in [0.15, 0.2) is 42.5 Å². The summed E-state index contributed by atoms with van der Waals surface area (Å²) >= 11 is 0. The van der Waals surface area contributed by atoms with Crippen molar-refractivity contribution in [2.45, 2.75) is 33.1 Å². The highest BCUT2D eigenvalue weighted by Crippen LogP contribution is 2.28. The molecule has 0 saturated heterocycles. The Bertz CT molecular complexity index is 862. The first kappa shape index (κ1) is 21.9. The van der Waals surface area contributed by atoms with Crippen LogP contribution in [0.5, 0.6) is 11.5 Å². The molecule has 0 aromatic heterocycles. The highest BCUT2D eigenvalue weighted by Gasteiger charge is 2.09. The summed E-state index contributed by atoms with van der Waals surface area (Å²) < 4.78 is 10.9. The van der Waals surface area contributed by atoms with E-state index in [2.05, 4.69) is 10.6 Å². The van der Waals surface area contributed by atoms with Gasteiger partial charge in [0.05, 0.1) is 13.7 Å². The Labute approximate surface area is 170 Å². The quantitative estimate of drug-likeness (QED) is 0.465. The fraction of sp³-hybridized carbons (Fsp3) is 0.318. The molecular weight excluding hydrogens is 372 g/mol. The van der Waals surface area contributed by atoms with Crippen LogP contribution in [0.4, 0.5) is 11.4 Å². The summed E-state index contributed by atoms with van der Waals surface area (Å²) in [6.45, 7) is 3.61. The second-order valence-electron chi connectivity index (χ2n) is 6.40. The van der Waals surface area contributed by atoms with Crippen LogP contribution in [-0.2, 0) is 9.59 Å². The number of rotatable bonds is 10. The number of benzene rings is 2. The van der Waals surface area contributed by atoms with Crippen molar-refractivity contribution >= 4 is 29.0 Å². The molecule has 0 saturated carbocycles. The molecule has 2 aromatic rings. The molecule has 7 nitrogen and oxygen atoms in total. The molecule has 0 fully saturated rings. The van der Waals surface area contributed by atoms with Crippen LogP contribution in [0.3, 0.4) is 0 Å². The molecule has 0 spiro atoms. The van der Waals surface area contributed by atoms with Gasteiger partial charge in [-0.05, 0) is 55.8 Å². The third kappa shape index (κ3) is 6.95. The number of nitrogens with one attached hydrogen (secondary N) is 2. The van der Waals surface area contributed by atoms with Crippen molar-refractivity contribution in [3.05, 3.63) is 48.0 Å². The topological polar surface area (TPSA) is 93.7 Å². The van der Waals surface area contributed by atoms with E-state index in [1.165, 1.54) is 14.0 Å². The summed E-state index contributed by atoms with van der Waals surface area (Å²) in [5.41, 5.74) is 1.90. The van der Waals surface area contributed by atoms with Gasteiger partial charge in [0, 0.05) is 29.8 Å². The molecule has 29 heavy (non-hydrogen) atoms. The lowest BCUT2D eigenvalue weighted by Crippen LogP contribution is -2.13. The highest BCUT2D eigenvalue weighted by atomic mass is 16.5. The Hall–Kier alpha value is -3.35. The van der Waals surface area contributed by atoms with E-state index in [0.29, 0.717) is 54.3 Å². The summed E-state index contributed by atoms with van der Waals surface area (Å²) in [6, 6.07) is 12.0. The van der Waals surface area contributed by atoms with Crippen molar-refractivity contribution in [1.82, 2.24) is 0 Å². The summed E-state index contributed by atoms with van der Waals surface area (Å²) in [5.74, 6) is 0.777. The van der Waals surface area contributed by atoms with E-state index >= 15 is 0 Å². The van der Waals surface area contributed by atoms with Crippen LogP contribution in [0.1, 0.15) is 43.5 Å². The average molecular weight is 398 g/mol. The predicted molar refractivity (Wildman–Crippen MR) is 112 cm³/mol. The minimum absolute atomic E-state index is 0.0488. The Balaban J connectivity index is 1.77. The molecule has 0 aliphatic rings. The number of ketones is 1. The molecule has 0 aliphatic carbocycles. The molecule has 0 unspecified atom stereocenters. The maximum atomic E-state index is 12.1. The molecule has 2 amide bonds. The van der Waals surface area contributed by atoms with Crippen LogP contribution < -0.4 is 20.1 Å². The molecule has 2 N–H and O–H groups in total. The molecule has 0 bridgehead atoms. The first-order valence-corrected chi connectivity index (χ1v) is 9.44. The van der Waals surface area contributed by atoms with Crippen LogP contribution in [-0.4, -0.2) is 31.3 Å². The van der Waals surface area contributed by atoms with Gasteiger partial charge < -0.3 is 20.1 Å². The van der Waals surface area contributed by atoms with E-state index in [4.69, 9.17) is 9.47 Å². The fourth-order valence-electron chi connectivity index (χ4n) is 2.53. The lowest BCUT2D eigenvalue weighted by atomic mass is 10.1. The van der Waals surface area contributed by atoms with Gasteiger partial charge in [-0.3, -0.25) is 14.4 Å². The van der Waals surface area contributed by atoms with Gasteiger partial charge in [0.15, 0.2) is 17.3 Å². The van der Waals surface area contributed by atoms with Crippen molar-refractivity contribution in [3.8, 4) is 11.5 Å². The highest BCUT2D eigenvalue weighted by molar-refractivity contribution is 5.95. The Morgan fingerprint density at radius 3 is 2.07 bits per heavy atom. The van der Waals surface area contributed by atoms with Gasteiger partial charge in [-0.25, -0.2) is 0 Å². The van der Waals surface area contributed by atoms with Gasteiger partial charge in [0.25, 0.3) is 0 Å². The fourth-order valence-corrected chi connectivity index (χ4v) is 2.53. The largest absolute Gasteiger partial charge is 0.493 e. The first-order chi connectivity index (χ1) is 13.9. The lowest BCUT2D eigenvalue weighted by molar-refractivity contribution is -0.117. The minimum atomic E-state index is -0.127. The molecule has 7 heteroatoms. The molecule has 154 valence electrons. The van der Waals surface area contributed by atoms with Gasteiger partial charge >= 0.3 is 0 Å². The number of anilines is 2. The van der Waals surface area contributed by atoms with Crippen LogP contribution >= 0.6 is 0 Å². The zero-order valence-corrected chi connectivity index (χ0v) is 16.9. The molecule has 2 rings (SSSR count). The number of Topliss-reactive ketones (excluding diaryl/α,β-unsaturated/α-hetero) is 1. The number of methoxy groups -OCH3 is 1. The van der Waals surface area contributed by atoms with Gasteiger partial charge in [0.1, 0.15) is 0 Å². The second-order valence-corrected chi connectivity index (χ2v) is 6.40. The number of amides is 2. The third-order valence-electron chi connectivity index (χ3n) is 4.15. The molecule has 0 aliphatic heterocycles. The van der Waals surface area contributed by atoms with Crippen LogP contribution in [0.25, 0.3) is 0 Å². The predicted octanol–water partition coefficient (Wildman–Crippen LogP) is 4.04. The Morgan fingerprint density at radius 1 is 0.897 bits per heavy atom. The van der Waals surface area contributed by atoms with E-state index < -0.39 is 0 Å². The number of hydrogen-bond donors (Lipinski definition) is 2. The number of carbonyl (C=O) groups is 3. The van der Waals surface area contributed by atoms with Crippen molar-refractivity contribution < 1.29 is 23.9 Å². The summed E-state index contributed by atoms with van der Waals surface area (Å²) in [7, 11) is 1.51. The van der Waals surface area contributed by atoms with Crippen molar-refractivity contribution in [2.24, 2.45) is 0 Å². The molecule has 0 radical (unpaired) electrons. The van der Waals surface area contributed by atoms with E-state index in [9.17, 15) is 14.4 Å². The summed E-state index contributed by atoms with van der Waals surface area (Å²) in [4.78, 5) is 34.9. The monoisotopic (exact) mass is 398 g/mol. The number of carbonyl (C=O) groups excluding carboxylic acids is 3. The van der Waals surface area contributed by atoms with Gasteiger partial charge in [-0.15, -0.1) is 0 Å². The maximum absolute atomic E-state index is 12.1. The van der Waals surface area contributed by atoms with Crippen LogP contribution in [0, 0.1) is 0 Å². The first-order valence-electron chi connectivity index (χ1n) is 9.44. The van der Waals surface area contributed by atoms with Gasteiger partial charge in [0.2, 0.25) is 11.8 Å². The third-order valence-corrected chi connectivity index (χ3v) is 4.15. The summed E-state index contributed by atoms with van der Waals surface area (Å²) in [5, 5.41) is 5.56. The van der Waals surface area contributed by atoms with E-state index in [0.717, 1.165) is 0 Å². The lowest BCUT2D eigenvalue weighted by Gasteiger charge is -2.11. The zero-order valence-electron chi connectivity index (χ0n) is 16.9. The molecular formula is C22H26N2O5.